The Morgan fingerprint density at radius 2 is 1.94 bits per heavy atom. The second-order valence-electron chi connectivity index (χ2n) is 4.26. The van der Waals surface area contributed by atoms with E-state index in [0.717, 1.165) is 12.0 Å². The Kier molecular flexibility index (Phi) is 4.15. The fourth-order valence-corrected chi connectivity index (χ4v) is 2.59. The van der Waals surface area contributed by atoms with Gasteiger partial charge in [0.2, 0.25) is 0 Å². The van der Waals surface area contributed by atoms with Crippen molar-refractivity contribution in [2.45, 2.75) is 26.8 Å². The van der Waals surface area contributed by atoms with E-state index in [1.807, 2.05) is 29.6 Å². The SMILES string of the molecule is CCc1ccc(C(=O)NCc2sccc2C)cc1. The molecule has 0 saturated carbocycles. The third-order valence-corrected chi connectivity index (χ3v) is 4.03. The van der Waals surface area contributed by atoms with Crippen LogP contribution in [0, 0.1) is 6.92 Å². The van der Waals surface area contributed by atoms with Gasteiger partial charge >= 0.3 is 0 Å². The summed E-state index contributed by atoms with van der Waals surface area (Å²) in [6.45, 7) is 4.78. The first-order valence-corrected chi connectivity index (χ1v) is 6.98. The van der Waals surface area contributed by atoms with Gasteiger partial charge in [-0.05, 0) is 48.1 Å². The van der Waals surface area contributed by atoms with Gasteiger partial charge in [-0.15, -0.1) is 11.3 Å². The van der Waals surface area contributed by atoms with Gasteiger partial charge in [-0.1, -0.05) is 19.1 Å². The molecule has 2 rings (SSSR count). The molecule has 0 fully saturated rings. The van der Waals surface area contributed by atoms with Gasteiger partial charge in [0.25, 0.3) is 5.91 Å². The lowest BCUT2D eigenvalue weighted by Crippen LogP contribution is -2.22. The van der Waals surface area contributed by atoms with Gasteiger partial charge in [0.1, 0.15) is 0 Å². The predicted molar refractivity (Wildman–Crippen MR) is 76.0 cm³/mol. The van der Waals surface area contributed by atoms with Gasteiger partial charge < -0.3 is 5.32 Å². The molecule has 0 aliphatic carbocycles. The molecule has 0 radical (unpaired) electrons. The van der Waals surface area contributed by atoms with Crippen LogP contribution < -0.4 is 5.32 Å². The molecule has 0 aliphatic rings. The highest BCUT2D eigenvalue weighted by molar-refractivity contribution is 7.10. The molecule has 94 valence electrons. The minimum absolute atomic E-state index is 0.00884. The number of hydrogen-bond acceptors (Lipinski definition) is 2. The number of thiophene rings is 1. The van der Waals surface area contributed by atoms with Crippen LogP contribution in [0.2, 0.25) is 0 Å². The van der Waals surface area contributed by atoms with Crippen molar-refractivity contribution in [3.05, 3.63) is 57.3 Å². The van der Waals surface area contributed by atoms with E-state index in [9.17, 15) is 4.79 Å². The number of amides is 1. The summed E-state index contributed by atoms with van der Waals surface area (Å²) in [6.07, 6.45) is 0.996. The first-order chi connectivity index (χ1) is 8.70. The summed E-state index contributed by atoms with van der Waals surface area (Å²) < 4.78 is 0. The third-order valence-electron chi connectivity index (χ3n) is 3.00. The monoisotopic (exact) mass is 259 g/mol. The average molecular weight is 259 g/mol. The molecule has 1 N–H and O–H groups in total. The van der Waals surface area contributed by atoms with Gasteiger partial charge in [0.05, 0.1) is 6.54 Å². The van der Waals surface area contributed by atoms with Crippen molar-refractivity contribution in [2.75, 3.05) is 0 Å². The Hall–Kier alpha value is -1.61. The maximum atomic E-state index is 11.9. The van der Waals surface area contributed by atoms with E-state index in [-0.39, 0.29) is 5.91 Å². The smallest absolute Gasteiger partial charge is 0.251 e. The third kappa shape index (κ3) is 2.99. The second-order valence-corrected chi connectivity index (χ2v) is 5.26. The predicted octanol–water partition coefficient (Wildman–Crippen LogP) is 3.55. The highest BCUT2D eigenvalue weighted by atomic mass is 32.1. The first kappa shape index (κ1) is 12.8. The molecule has 0 spiro atoms. The van der Waals surface area contributed by atoms with Crippen molar-refractivity contribution in [1.29, 1.82) is 0 Å². The van der Waals surface area contributed by atoms with E-state index in [1.165, 1.54) is 16.0 Å². The molecule has 1 aromatic carbocycles. The summed E-state index contributed by atoms with van der Waals surface area (Å²) >= 11 is 1.68. The Morgan fingerprint density at radius 1 is 1.22 bits per heavy atom. The van der Waals surface area contributed by atoms with Crippen LogP contribution in [0.3, 0.4) is 0 Å². The number of carbonyl (C=O) groups excluding carboxylic acids is 1. The van der Waals surface area contributed by atoms with E-state index in [4.69, 9.17) is 0 Å². The van der Waals surface area contributed by atoms with E-state index in [2.05, 4.69) is 25.2 Å². The molecule has 18 heavy (non-hydrogen) atoms. The van der Waals surface area contributed by atoms with Crippen LogP contribution in [0.15, 0.2) is 35.7 Å². The number of benzene rings is 1. The van der Waals surface area contributed by atoms with Crippen LogP contribution in [0.4, 0.5) is 0 Å². The van der Waals surface area contributed by atoms with Gasteiger partial charge in [-0.2, -0.15) is 0 Å². The fraction of sp³-hybridized carbons (Fsp3) is 0.267. The largest absolute Gasteiger partial charge is 0.347 e. The number of hydrogen-bond donors (Lipinski definition) is 1. The standard InChI is InChI=1S/C15H17NOS/c1-3-12-4-6-13(7-5-12)15(17)16-10-14-11(2)8-9-18-14/h4-9H,3,10H2,1-2H3,(H,16,17). The molecule has 1 amide bonds. The summed E-state index contributed by atoms with van der Waals surface area (Å²) in [5.41, 5.74) is 3.21. The highest BCUT2D eigenvalue weighted by Crippen LogP contribution is 2.15. The zero-order valence-electron chi connectivity index (χ0n) is 10.7. The van der Waals surface area contributed by atoms with Gasteiger partial charge in [-0.25, -0.2) is 0 Å². The number of nitrogens with one attached hydrogen (secondary N) is 1. The second kappa shape index (κ2) is 5.83. The zero-order chi connectivity index (χ0) is 13.0. The quantitative estimate of drug-likeness (QED) is 0.894. The average Bonchev–Trinajstić information content (AvgIpc) is 2.81. The van der Waals surface area contributed by atoms with Crippen LogP contribution in [0.1, 0.15) is 33.3 Å². The van der Waals surface area contributed by atoms with Gasteiger partial charge in [0.15, 0.2) is 0 Å². The Bertz CT molecular complexity index is 528. The lowest BCUT2D eigenvalue weighted by Gasteiger charge is -2.05. The first-order valence-electron chi connectivity index (χ1n) is 6.11. The van der Waals surface area contributed by atoms with E-state index in [1.54, 1.807) is 11.3 Å². The lowest BCUT2D eigenvalue weighted by atomic mass is 10.1. The van der Waals surface area contributed by atoms with Crippen molar-refractivity contribution in [1.82, 2.24) is 5.32 Å². The van der Waals surface area contributed by atoms with Crippen LogP contribution >= 0.6 is 11.3 Å². The van der Waals surface area contributed by atoms with E-state index >= 15 is 0 Å². The minimum atomic E-state index is -0.00884. The highest BCUT2D eigenvalue weighted by Gasteiger charge is 2.06. The van der Waals surface area contributed by atoms with Crippen LogP contribution in [-0.2, 0) is 13.0 Å². The molecule has 0 bridgehead atoms. The molecule has 0 aliphatic heterocycles. The van der Waals surface area contributed by atoms with Crippen molar-refractivity contribution < 1.29 is 4.79 Å². The summed E-state index contributed by atoms with van der Waals surface area (Å²) in [7, 11) is 0. The molecule has 2 nitrogen and oxygen atoms in total. The van der Waals surface area contributed by atoms with Crippen molar-refractivity contribution in [3.8, 4) is 0 Å². The molecular formula is C15H17NOS. The minimum Gasteiger partial charge on any atom is -0.347 e. The summed E-state index contributed by atoms with van der Waals surface area (Å²) in [6, 6.07) is 9.85. The van der Waals surface area contributed by atoms with Gasteiger partial charge in [-0.3, -0.25) is 4.79 Å². The Balaban J connectivity index is 1.97. The molecular weight excluding hydrogens is 242 g/mol. The van der Waals surface area contributed by atoms with Crippen molar-refractivity contribution in [3.63, 3.8) is 0 Å². The number of aryl methyl sites for hydroxylation is 2. The Labute approximate surface area is 112 Å². The lowest BCUT2D eigenvalue weighted by molar-refractivity contribution is 0.0951. The van der Waals surface area contributed by atoms with E-state index < -0.39 is 0 Å². The number of rotatable bonds is 4. The van der Waals surface area contributed by atoms with Crippen molar-refractivity contribution >= 4 is 17.2 Å². The van der Waals surface area contributed by atoms with Crippen molar-refractivity contribution in [2.24, 2.45) is 0 Å². The maximum Gasteiger partial charge on any atom is 0.251 e. The summed E-state index contributed by atoms with van der Waals surface area (Å²) in [5, 5.41) is 5.00. The normalized spacial score (nSPS) is 10.3. The van der Waals surface area contributed by atoms with Crippen LogP contribution in [-0.4, -0.2) is 5.91 Å². The van der Waals surface area contributed by atoms with E-state index in [0.29, 0.717) is 6.54 Å². The zero-order valence-corrected chi connectivity index (χ0v) is 11.5. The van der Waals surface area contributed by atoms with Gasteiger partial charge in [0, 0.05) is 10.4 Å². The molecule has 1 aromatic heterocycles. The molecule has 0 unspecified atom stereocenters. The van der Waals surface area contributed by atoms with Crippen LogP contribution in [0.5, 0.6) is 0 Å². The van der Waals surface area contributed by atoms with Crippen LogP contribution in [0.25, 0.3) is 0 Å². The maximum absolute atomic E-state index is 11.9. The molecule has 1 heterocycles. The molecule has 0 saturated heterocycles. The molecule has 2 aromatic rings. The molecule has 0 atom stereocenters. The molecule has 3 heteroatoms. The topological polar surface area (TPSA) is 29.1 Å². The summed E-state index contributed by atoms with van der Waals surface area (Å²) in [4.78, 5) is 13.2. The number of carbonyl (C=O) groups is 1. The summed E-state index contributed by atoms with van der Waals surface area (Å²) in [5.74, 6) is -0.00884. The fourth-order valence-electron chi connectivity index (χ4n) is 1.74. The Morgan fingerprint density at radius 3 is 2.50 bits per heavy atom.